The van der Waals surface area contributed by atoms with Crippen LogP contribution in [0.15, 0.2) is 48.5 Å². The highest BCUT2D eigenvalue weighted by Gasteiger charge is 2.33. The third kappa shape index (κ3) is 5.52. The molecule has 1 aromatic heterocycles. The number of amides is 3. The van der Waals surface area contributed by atoms with Crippen LogP contribution in [0.3, 0.4) is 0 Å². The van der Waals surface area contributed by atoms with E-state index in [1.165, 1.54) is 0 Å². The lowest BCUT2D eigenvalue weighted by atomic mass is 10.2. The summed E-state index contributed by atoms with van der Waals surface area (Å²) < 4.78 is 4.97. The number of likely N-dealkylation sites (tertiary alicyclic amines) is 1. The molecule has 2 N–H and O–H groups in total. The maximum absolute atomic E-state index is 12.9. The van der Waals surface area contributed by atoms with E-state index < -0.39 is 5.97 Å². The summed E-state index contributed by atoms with van der Waals surface area (Å²) >= 11 is 7.04. The number of carbonyl (C=O) groups is 3. The fourth-order valence-electron chi connectivity index (χ4n) is 3.54. The number of hydrogen-bond donors (Lipinski definition) is 2. The SMILES string of the molecule is CCOC(=O)c1ccc(NC(=O)N2CCC[C@@H]2c2nnc(C(=O)Nc3ccc(Cl)cc3)s2)cc1. The molecule has 1 saturated heterocycles. The third-order valence-corrected chi connectivity index (χ3v) is 6.46. The molecule has 176 valence electrons. The molecule has 3 aromatic rings. The van der Waals surface area contributed by atoms with Crippen molar-refractivity contribution in [2.24, 2.45) is 0 Å². The van der Waals surface area contributed by atoms with Crippen LogP contribution in [0.25, 0.3) is 0 Å². The van der Waals surface area contributed by atoms with E-state index in [2.05, 4.69) is 20.8 Å². The number of benzene rings is 2. The van der Waals surface area contributed by atoms with Crippen molar-refractivity contribution in [2.45, 2.75) is 25.8 Å². The number of rotatable bonds is 6. The Morgan fingerprint density at radius 2 is 1.74 bits per heavy atom. The minimum atomic E-state index is -0.410. The van der Waals surface area contributed by atoms with Gasteiger partial charge in [0.1, 0.15) is 5.01 Å². The van der Waals surface area contributed by atoms with Gasteiger partial charge in [-0.15, -0.1) is 10.2 Å². The van der Waals surface area contributed by atoms with E-state index in [9.17, 15) is 14.4 Å². The second-order valence-corrected chi connectivity index (χ2v) is 8.93. The summed E-state index contributed by atoms with van der Waals surface area (Å²) in [7, 11) is 0. The van der Waals surface area contributed by atoms with E-state index in [0.29, 0.717) is 40.1 Å². The first-order chi connectivity index (χ1) is 16.4. The van der Waals surface area contributed by atoms with E-state index in [-0.39, 0.29) is 23.0 Å². The molecule has 1 aliphatic rings. The number of anilines is 2. The Kier molecular flexibility index (Phi) is 7.39. The number of aromatic nitrogens is 2. The largest absolute Gasteiger partial charge is 0.462 e. The van der Waals surface area contributed by atoms with E-state index in [4.69, 9.17) is 16.3 Å². The molecule has 11 heteroatoms. The van der Waals surface area contributed by atoms with Gasteiger partial charge < -0.3 is 20.3 Å². The molecule has 9 nitrogen and oxygen atoms in total. The molecule has 34 heavy (non-hydrogen) atoms. The molecule has 0 radical (unpaired) electrons. The molecule has 1 aliphatic heterocycles. The van der Waals surface area contributed by atoms with Crippen LogP contribution < -0.4 is 10.6 Å². The van der Waals surface area contributed by atoms with Gasteiger partial charge in [0.25, 0.3) is 5.91 Å². The van der Waals surface area contributed by atoms with Gasteiger partial charge in [-0.2, -0.15) is 0 Å². The van der Waals surface area contributed by atoms with Crippen LogP contribution in [-0.4, -0.2) is 46.2 Å². The Bertz CT molecular complexity index is 1180. The van der Waals surface area contributed by atoms with Gasteiger partial charge >= 0.3 is 12.0 Å². The molecule has 0 bridgehead atoms. The van der Waals surface area contributed by atoms with Crippen molar-refractivity contribution >= 4 is 52.2 Å². The Hall–Kier alpha value is -3.50. The van der Waals surface area contributed by atoms with Gasteiger partial charge in [0.15, 0.2) is 0 Å². The maximum atomic E-state index is 12.9. The van der Waals surface area contributed by atoms with Crippen LogP contribution in [0.5, 0.6) is 0 Å². The summed E-state index contributed by atoms with van der Waals surface area (Å²) in [6, 6.07) is 12.7. The first kappa shape index (κ1) is 23.7. The number of nitrogens with zero attached hydrogens (tertiary/aromatic N) is 3. The van der Waals surface area contributed by atoms with Crippen molar-refractivity contribution in [1.29, 1.82) is 0 Å². The smallest absolute Gasteiger partial charge is 0.338 e. The van der Waals surface area contributed by atoms with E-state index >= 15 is 0 Å². The molecular weight excluding hydrogens is 478 g/mol. The molecule has 1 fully saturated rings. The first-order valence-electron chi connectivity index (χ1n) is 10.7. The van der Waals surface area contributed by atoms with Crippen LogP contribution in [-0.2, 0) is 4.74 Å². The lowest BCUT2D eigenvalue weighted by Gasteiger charge is -2.23. The standard InChI is InChI=1S/C23H22ClN5O4S/c1-2-33-22(31)14-5-9-17(10-6-14)26-23(32)29-13-3-4-18(29)20-27-28-21(34-20)19(30)25-16-11-7-15(24)8-12-16/h5-12,18H,2-4,13H2,1H3,(H,25,30)(H,26,32)/t18-/m1/s1. The minimum absolute atomic E-state index is 0.215. The number of nitrogens with one attached hydrogen (secondary N) is 2. The molecule has 4 rings (SSSR count). The number of carbonyl (C=O) groups excluding carboxylic acids is 3. The summed E-state index contributed by atoms with van der Waals surface area (Å²) in [6.45, 7) is 2.60. The van der Waals surface area contributed by atoms with E-state index in [1.807, 2.05) is 0 Å². The molecule has 3 amide bonds. The normalized spacial score (nSPS) is 15.1. The Labute approximate surface area is 205 Å². The third-order valence-electron chi connectivity index (χ3n) is 5.18. The fourth-order valence-corrected chi connectivity index (χ4v) is 4.56. The average Bonchev–Trinajstić information content (AvgIpc) is 3.51. The molecular formula is C23H22ClN5O4S. The second-order valence-electron chi connectivity index (χ2n) is 7.49. The zero-order chi connectivity index (χ0) is 24.1. The Morgan fingerprint density at radius 1 is 1.06 bits per heavy atom. The molecule has 2 heterocycles. The van der Waals surface area contributed by atoms with Crippen LogP contribution >= 0.6 is 22.9 Å². The van der Waals surface area contributed by atoms with Crippen molar-refractivity contribution < 1.29 is 19.1 Å². The lowest BCUT2D eigenvalue weighted by Crippen LogP contribution is -2.34. The average molecular weight is 500 g/mol. The minimum Gasteiger partial charge on any atom is -0.462 e. The van der Waals surface area contributed by atoms with Gasteiger partial charge in [0, 0.05) is 22.9 Å². The van der Waals surface area contributed by atoms with Crippen molar-refractivity contribution in [3.8, 4) is 0 Å². The van der Waals surface area contributed by atoms with Gasteiger partial charge in [-0.3, -0.25) is 4.79 Å². The van der Waals surface area contributed by atoms with Crippen molar-refractivity contribution in [3.63, 3.8) is 0 Å². The van der Waals surface area contributed by atoms with Crippen molar-refractivity contribution in [1.82, 2.24) is 15.1 Å². The highest BCUT2D eigenvalue weighted by molar-refractivity contribution is 7.13. The van der Waals surface area contributed by atoms with Gasteiger partial charge in [0.05, 0.1) is 18.2 Å². The number of ether oxygens (including phenoxy) is 1. The molecule has 0 unspecified atom stereocenters. The quantitative estimate of drug-likeness (QED) is 0.462. The zero-order valence-electron chi connectivity index (χ0n) is 18.3. The number of urea groups is 1. The predicted molar refractivity (Wildman–Crippen MR) is 129 cm³/mol. The highest BCUT2D eigenvalue weighted by Crippen LogP contribution is 2.34. The topological polar surface area (TPSA) is 114 Å². The molecule has 0 saturated carbocycles. The van der Waals surface area contributed by atoms with Gasteiger partial charge in [-0.25, -0.2) is 9.59 Å². The summed E-state index contributed by atoms with van der Waals surface area (Å²) in [6.07, 6.45) is 1.54. The van der Waals surface area contributed by atoms with Crippen LogP contribution in [0.4, 0.5) is 16.2 Å². The van der Waals surface area contributed by atoms with Gasteiger partial charge in [-0.1, -0.05) is 22.9 Å². The predicted octanol–water partition coefficient (Wildman–Crippen LogP) is 4.99. The van der Waals surface area contributed by atoms with Crippen molar-refractivity contribution in [3.05, 3.63) is 69.1 Å². The monoisotopic (exact) mass is 499 g/mol. The van der Waals surface area contributed by atoms with E-state index in [1.54, 1.807) is 60.4 Å². The first-order valence-corrected chi connectivity index (χ1v) is 11.9. The molecule has 0 aliphatic carbocycles. The van der Waals surface area contributed by atoms with E-state index in [0.717, 1.165) is 24.2 Å². The van der Waals surface area contributed by atoms with Gasteiger partial charge in [0.2, 0.25) is 5.01 Å². The molecule has 1 atom stereocenters. The van der Waals surface area contributed by atoms with Crippen LogP contribution in [0.1, 0.15) is 51.0 Å². The summed E-state index contributed by atoms with van der Waals surface area (Å²) in [4.78, 5) is 38.9. The number of halogens is 1. The lowest BCUT2D eigenvalue weighted by molar-refractivity contribution is 0.0526. The summed E-state index contributed by atoms with van der Waals surface area (Å²) in [5.74, 6) is -0.783. The maximum Gasteiger partial charge on any atom is 0.338 e. The Morgan fingerprint density at radius 3 is 2.44 bits per heavy atom. The molecule has 0 spiro atoms. The molecule has 2 aromatic carbocycles. The summed E-state index contributed by atoms with van der Waals surface area (Å²) in [5, 5.41) is 15.2. The second kappa shape index (κ2) is 10.6. The van der Waals surface area contributed by atoms with Crippen LogP contribution in [0.2, 0.25) is 5.02 Å². The number of esters is 1. The Balaban J connectivity index is 1.39. The van der Waals surface area contributed by atoms with Crippen molar-refractivity contribution in [2.75, 3.05) is 23.8 Å². The van der Waals surface area contributed by atoms with Gasteiger partial charge in [-0.05, 0) is 68.3 Å². The summed E-state index contributed by atoms with van der Waals surface area (Å²) in [5.41, 5.74) is 1.57. The highest BCUT2D eigenvalue weighted by atomic mass is 35.5. The number of hydrogen-bond acceptors (Lipinski definition) is 7. The fraction of sp³-hybridized carbons (Fsp3) is 0.261. The zero-order valence-corrected chi connectivity index (χ0v) is 19.9. The van der Waals surface area contributed by atoms with Crippen LogP contribution in [0, 0.1) is 0 Å².